The lowest BCUT2D eigenvalue weighted by Crippen LogP contribution is -2.43. The first-order valence-corrected chi connectivity index (χ1v) is 12.9. The van der Waals surface area contributed by atoms with Gasteiger partial charge in [-0.25, -0.2) is 12.4 Å². The molecule has 6 nitrogen and oxygen atoms in total. The maximum Gasteiger partial charge on any atom is 0.295 e. The molecule has 3 aromatic rings. The molecule has 0 saturated heterocycles. The number of aromatic nitrogens is 1. The van der Waals surface area contributed by atoms with Gasteiger partial charge < -0.3 is 4.90 Å². The van der Waals surface area contributed by atoms with Crippen molar-refractivity contribution in [3.05, 3.63) is 65.9 Å². The van der Waals surface area contributed by atoms with E-state index in [1.165, 1.54) is 17.5 Å². The Morgan fingerprint density at radius 1 is 1.00 bits per heavy atom. The van der Waals surface area contributed by atoms with E-state index in [1.807, 2.05) is 13.8 Å². The second-order valence-corrected chi connectivity index (χ2v) is 10.9. The number of Topliss-reactive ketones (excluding diaryl/α,β-unsaturated/α-hetero) is 1. The van der Waals surface area contributed by atoms with Gasteiger partial charge in [0.15, 0.2) is 0 Å². The minimum absolute atomic E-state index is 0.0496. The zero-order chi connectivity index (χ0) is 23.8. The highest BCUT2D eigenvalue weighted by atomic mass is 32.2. The van der Waals surface area contributed by atoms with Crippen molar-refractivity contribution >= 4 is 32.6 Å². The summed E-state index contributed by atoms with van der Waals surface area (Å²) in [6, 6.07) is 13.3. The zero-order valence-corrected chi connectivity index (χ0v) is 20.1. The SMILES string of the molecule is Cc1ccc(S(=O)(=O)n2cc(C(=O)C(=O)N(C)[C@H](C)C3CCCCC3)c3ccccc32)cc1. The third-order valence-corrected chi connectivity index (χ3v) is 8.65. The monoisotopic (exact) mass is 466 g/mol. The predicted octanol–water partition coefficient (Wildman–Crippen LogP) is 4.80. The van der Waals surface area contributed by atoms with Gasteiger partial charge in [-0.2, -0.15) is 0 Å². The molecule has 1 saturated carbocycles. The molecule has 1 aromatic heterocycles. The normalized spacial score (nSPS) is 16.0. The van der Waals surface area contributed by atoms with Crippen molar-refractivity contribution in [3.63, 3.8) is 0 Å². The Hall–Kier alpha value is -2.93. The summed E-state index contributed by atoms with van der Waals surface area (Å²) in [6.07, 6.45) is 6.92. The Morgan fingerprint density at radius 2 is 1.64 bits per heavy atom. The van der Waals surface area contributed by atoms with Gasteiger partial charge in [0.25, 0.3) is 21.7 Å². The van der Waals surface area contributed by atoms with Crippen LogP contribution in [0.1, 0.15) is 54.9 Å². The van der Waals surface area contributed by atoms with Crippen molar-refractivity contribution in [2.24, 2.45) is 5.92 Å². The van der Waals surface area contributed by atoms with Crippen molar-refractivity contribution in [2.45, 2.75) is 56.9 Å². The second-order valence-electron chi connectivity index (χ2n) is 9.06. The van der Waals surface area contributed by atoms with Gasteiger partial charge >= 0.3 is 0 Å². The number of carbonyl (C=O) groups excluding carboxylic acids is 2. The number of amides is 1. The molecule has 1 atom stereocenters. The molecule has 1 amide bonds. The van der Waals surface area contributed by atoms with E-state index in [4.69, 9.17) is 0 Å². The van der Waals surface area contributed by atoms with Crippen LogP contribution in [-0.4, -0.2) is 42.1 Å². The van der Waals surface area contributed by atoms with E-state index in [0.29, 0.717) is 16.8 Å². The lowest BCUT2D eigenvalue weighted by Gasteiger charge is -2.33. The topological polar surface area (TPSA) is 76.5 Å². The number of para-hydroxylation sites is 1. The average molecular weight is 467 g/mol. The number of rotatable bonds is 6. The van der Waals surface area contributed by atoms with E-state index in [9.17, 15) is 18.0 Å². The number of carbonyl (C=O) groups is 2. The van der Waals surface area contributed by atoms with Gasteiger partial charge in [0.2, 0.25) is 0 Å². The quantitative estimate of drug-likeness (QED) is 0.386. The van der Waals surface area contributed by atoms with E-state index >= 15 is 0 Å². The number of ketones is 1. The molecule has 0 bridgehead atoms. The van der Waals surface area contributed by atoms with Crippen LogP contribution in [-0.2, 0) is 14.8 Å². The number of benzene rings is 2. The van der Waals surface area contributed by atoms with Crippen molar-refractivity contribution in [3.8, 4) is 0 Å². The molecule has 1 fully saturated rings. The second kappa shape index (κ2) is 9.14. The maximum absolute atomic E-state index is 13.4. The van der Waals surface area contributed by atoms with Crippen molar-refractivity contribution < 1.29 is 18.0 Å². The van der Waals surface area contributed by atoms with Crippen molar-refractivity contribution in [1.29, 1.82) is 0 Å². The number of hydrogen-bond acceptors (Lipinski definition) is 4. The fraction of sp³-hybridized carbons (Fsp3) is 0.385. The predicted molar refractivity (Wildman–Crippen MR) is 129 cm³/mol. The van der Waals surface area contributed by atoms with E-state index in [0.717, 1.165) is 35.2 Å². The summed E-state index contributed by atoms with van der Waals surface area (Å²) >= 11 is 0. The minimum atomic E-state index is -3.93. The average Bonchev–Trinajstić information content (AvgIpc) is 3.23. The van der Waals surface area contributed by atoms with Crippen LogP contribution in [0, 0.1) is 12.8 Å². The van der Waals surface area contributed by atoms with Crippen LogP contribution in [0.25, 0.3) is 10.9 Å². The summed E-state index contributed by atoms with van der Waals surface area (Å²) in [7, 11) is -2.27. The van der Waals surface area contributed by atoms with Crippen LogP contribution >= 0.6 is 0 Å². The van der Waals surface area contributed by atoms with Gasteiger partial charge in [0.05, 0.1) is 16.0 Å². The summed E-state index contributed by atoms with van der Waals surface area (Å²) in [5.41, 5.74) is 1.43. The van der Waals surface area contributed by atoms with Gasteiger partial charge in [-0.1, -0.05) is 55.2 Å². The number of likely N-dealkylation sites (N-methyl/N-ethyl adjacent to an activating group) is 1. The fourth-order valence-corrected chi connectivity index (χ4v) is 6.12. The Kier molecular flexibility index (Phi) is 6.43. The van der Waals surface area contributed by atoms with Gasteiger partial charge in [-0.05, 0) is 50.8 Å². The fourth-order valence-electron chi connectivity index (χ4n) is 4.75. The summed E-state index contributed by atoms with van der Waals surface area (Å²) in [5, 5.41) is 0.449. The number of hydrogen-bond donors (Lipinski definition) is 0. The zero-order valence-electron chi connectivity index (χ0n) is 19.3. The third-order valence-electron chi connectivity index (χ3n) is 6.96. The first-order valence-electron chi connectivity index (χ1n) is 11.5. The Balaban J connectivity index is 1.70. The lowest BCUT2D eigenvalue weighted by molar-refractivity contribution is -0.128. The molecular formula is C26H30N2O4S. The van der Waals surface area contributed by atoms with Gasteiger partial charge in [0.1, 0.15) is 0 Å². The van der Waals surface area contributed by atoms with Gasteiger partial charge in [0, 0.05) is 24.7 Å². The molecule has 0 radical (unpaired) electrons. The Bertz CT molecular complexity index is 1290. The summed E-state index contributed by atoms with van der Waals surface area (Å²) in [5.74, 6) is -0.915. The van der Waals surface area contributed by atoms with Crippen LogP contribution in [0.4, 0.5) is 0 Å². The first-order chi connectivity index (χ1) is 15.7. The van der Waals surface area contributed by atoms with Crippen LogP contribution in [0.5, 0.6) is 0 Å². The molecule has 174 valence electrons. The molecule has 7 heteroatoms. The smallest absolute Gasteiger partial charge is 0.295 e. The number of aryl methyl sites for hydroxylation is 1. The van der Waals surface area contributed by atoms with E-state index < -0.39 is 21.7 Å². The van der Waals surface area contributed by atoms with Crippen LogP contribution in [0.15, 0.2) is 59.6 Å². The standard InChI is InChI=1S/C26H30N2O4S/c1-18-13-15-21(16-14-18)33(31,32)28-17-23(22-11-7-8-12-24(22)28)25(29)26(30)27(3)19(2)20-9-5-4-6-10-20/h7-8,11-17,19-20H,4-6,9-10H2,1-3H3/t19-/m1/s1. The molecule has 1 heterocycles. The molecule has 1 aliphatic rings. The first kappa shape index (κ1) is 23.2. The molecule has 2 aromatic carbocycles. The minimum Gasteiger partial charge on any atom is -0.336 e. The van der Waals surface area contributed by atoms with Crippen LogP contribution in [0.3, 0.4) is 0 Å². The van der Waals surface area contributed by atoms with Crippen LogP contribution < -0.4 is 0 Å². The van der Waals surface area contributed by atoms with E-state index in [-0.39, 0.29) is 16.5 Å². The molecule has 0 unspecified atom stereocenters. The molecule has 33 heavy (non-hydrogen) atoms. The molecule has 4 rings (SSSR count). The van der Waals surface area contributed by atoms with E-state index in [2.05, 4.69) is 0 Å². The summed E-state index contributed by atoms with van der Waals surface area (Å²) in [6.45, 7) is 3.88. The maximum atomic E-state index is 13.4. The van der Waals surface area contributed by atoms with Gasteiger partial charge in [-0.15, -0.1) is 0 Å². The molecule has 0 spiro atoms. The third kappa shape index (κ3) is 4.34. The molecular weight excluding hydrogens is 436 g/mol. The largest absolute Gasteiger partial charge is 0.336 e. The molecule has 1 aliphatic carbocycles. The van der Waals surface area contributed by atoms with Gasteiger partial charge in [-0.3, -0.25) is 9.59 Å². The van der Waals surface area contributed by atoms with Crippen molar-refractivity contribution in [2.75, 3.05) is 7.05 Å². The van der Waals surface area contributed by atoms with Crippen molar-refractivity contribution in [1.82, 2.24) is 8.87 Å². The summed E-state index contributed by atoms with van der Waals surface area (Å²) in [4.78, 5) is 28.1. The van der Waals surface area contributed by atoms with E-state index in [1.54, 1.807) is 55.6 Å². The molecule has 0 aliphatic heterocycles. The summed E-state index contributed by atoms with van der Waals surface area (Å²) < 4.78 is 27.8. The highest BCUT2D eigenvalue weighted by Gasteiger charge is 2.32. The highest BCUT2D eigenvalue weighted by molar-refractivity contribution is 7.90. The Morgan fingerprint density at radius 3 is 2.30 bits per heavy atom. The lowest BCUT2D eigenvalue weighted by atomic mass is 9.84. The molecule has 0 N–H and O–H groups in total. The number of nitrogens with zero attached hydrogens (tertiary/aromatic N) is 2. The highest BCUT2D eigenvalue weighted by Crippen LogP contribution is 2.30. The van der Waals surface area contributed by atoms with Crippen LogP contribution in [0.2, 0.25) is 0 Å². The number of fused-ring (bicyclic) bond motifs is 1. The Labute approximate surface area is 195 Å².